The van der Waals surface area contributed by atoms with Gasteiger partial charge in [0.15, 0.2) is 0 Å². The van der Waals surface area contributed by atoms with E-state index in [1.807, 2.05) is 78.9 Å². The topological polar surface area (TPSA) is 93.5 Å². The molecule has 6 heteroatoms. The summed E-state index contributed by atoms with van der Waals surface area (Å²) in [5.74, 6) is 0.0815. The Bertz CT molecular complexity index is 1280. The van der Waals surface area contributed by atoms with E-state index in [1.54, 1.807) is 30.3 Å². The number of nitrogens with two attached hydrogens (primary N) is 1. The highest BCUT2D eigenvalue weighted by Gasteiger charge is 2.23. The van der Waals surface area contributed by atoms with Crippen LogP contribution in [0.5, 0.6) is 5.75 Å². The third-order valence-corrected chi connectivity index (χ3v) is 5.67. The maximum atomic E-state index is 13.3. The van der Waals surface area contributed by atoms with Gasteiger partial charge in [0, 0.05) is 12.2 Å². The molecule has 0 heterocycles. The zero-order valence-electron chi connectivity index (χ0n) is 19.9. The lowest BCUT2D eigenvalue weighted by molar-refractivity contribution is -0.126. The molecule has 182 valence electrons. The molecule has 0 saturated heterocycles. The lowest BCUT2D eigenvalue weighted by Crippen LogP contribution is -2.37. The van der Waals surface area contributed by atoms with Gasteiger partial charge in [-0.3, -0.25) is 9.59 Å². The molecule has 1 atom stereocenters. The van der Waals surface area contributed by atoms with Crippen molar-refractivity contribution in [3.8, 4) is 5.75 Å². The molecule has 0 spiro atoms. The van der Waals surface area contributed by atoms with Crippen molar-refractivity contribution < 1.29 is 14.3 Å². The number of rotatable bonds is 10. The van der Waals surface area contributed by atoms with Gasteiger partial charge in [-0.25, -0.2) is 0 Å². The number of amides is 2. The minimum absolute atomic E-state index is 0.172. The summed E-state index contributed by atoms with van der Waals surface area (Å²) < 4.78 is 5.87. The van der Waals surface area contributed by atoms with Gasteiger partial charge < -0.3 is 21.1 Å². The zero-order chi connectivity index (χ0) is 25.2. The van der Waals surface area contributed by atoms with Crippen molar-refractivity contribution >= 4 is 17.5 Å². The summed E-state index contributed by atoms with van der Waals surface area (Å²) in [6, 6.07) is 33.0. The first-order chi connectivity index (χ1) is 17.6. The molecule has 0 bridgehead atoms. The van der Waals surface area contributed by atoms with E-state index in [1.165, 1.54) is 0 Å². The van der Waals surface area contributed by atoms with Crippen LogP contribution in [0.3, 0.4) is 0 Å². The standard InChI is InChI=1S/C30H29N3O3/c31-20-24-12-7-13-26(18-24)32-30(35)29(33-28(34)19-22-8-3-1-4-9-22)25-14-16-27(17-15-25)36-21-23-10-5-2-6-11-23/h1-18,29H,19-21,31H2,(H,32,35)(H,33,34)/t29-/m1/s1. The maximum absolute atomic E-state index is 13.3. The first kappa shape index (κ1) is 24.7. The van der Waals surface area contributed by atoms with Crippen LogP contribution < -0.4 is 21.1 Å². The van der Waals surface area contributed by atoms with E-state index in [2.05, 4.69) is 10.6 Å². The van der Waals surface area contributed by atoms with Crippen LogP contribution in [0.25, 0.3) is 0 Å². The average Bonchev–Trinajstić information content (AvgIpc) is 2.92. The van der Waals surface area contributed by atoms with Crippen molar-refractivity contribution in [1.82, 2.24) is 5.32 Å². The quantitative estimate of drug-likeness (QED) is 0.306. The highest BCUT2D eigenvalue weighted by Crippen LogP contribution is 2.21. The summed E-state index contributed by atoms with van der Waals surface area (Å²) >= 11 is 0. The predicted molar refractivity (Wildman–Crippen MR) is 141 cm³/mol. The van der Waals surface area contributed by atoms with Gasteiger partial charge in [0.25, 0.3) is 5.91 Å². The number of carbonyl (C=O) groups is 2. The SMILES string of the molecule is NCc1cccc(NC(=O)[C@H](NC(=O)Cc2ccccc2)c2ccc(OCc3ccccc3)cc2)c1. The Morgan fingerprint density at radius 3 is 2.06 bits per heavy atom. The molecule has 36 heavy (non-hydrogen) atoms. The summed E-state index contributed by atoms with van der Waals surface area (Å²) in [5, 5.41) is 5.80. The van der Waals surface area contributed by atoms with Gasteiger partial charge in [-0.15, -0.1) is 0 Å². The third kappa shape index (κ3) is 7.04. The molecule has 0 radical (unpaired) electrons. The molecule has 0 aliphatic heterocycles. The van der Waals surface area contributed by atoms with Gasteiger partial charge in [0.2, 0.25) is 5.91 Å². The number of benzene rings is 4. The number of hydrogen-bond acceptors (Lipinski definition) is 4. The molecular weight excluding hydrogens is 450 g/mol. The minimum atomic E-state index is -0.883. The Kier molecular flexibility index (Phi) is 8.46. The second-order valence-electron chi connectivity index (χ2n) is 8.40. The van der Waals surface area contributed by atoms with Crippen LogP contribution >= 0.6 is 0 Å². The van der Waals surface area contributed by atoms with Gasteiger partial charge >= 0.3 is 0 Å². The molecule has 0 aliphatic carbocycles. The van der Waals surface area contributed by atoms with Gasteiger partial charge in [-0.05, 0) is 46.5 Å². The van der Waals surface area contributed by atoms with Crippen LogP contribution in [0.1, 0.15) is 28.3 Å². The van der Waals surface area contributed by atoms with E-state index in [-0.39, 0.29) is 18.2 Å². The van der Waals surface area contributed by atoms with E-state index in [9.17, 15) is 9.59 Å². The van der Waals surface area contributed by atoms with Crippen LogP contribution in [0, 0.1) is 0 Å². The summed E-state index contributed by atoms with van der Waals surface area (Å²) in [4.78, 5) is 26.2. The Labute approximate surface area is 211 Å². The van der Waals surface area contributed by atoms with Crippen molar-refractivity contribution in [2.75, 3.05) is 5.32 Å². The Hall–Kier alpha value is -4.42. The lowest BCUT2D eigenvalue weighted by Gasteiger charge is -2.20. The molecule has 0 saturated carbocycles. The van der Waals surface area contributed by atoms with Crippen LogP contribution in [0.2, 0.25) is 0 Å². The highest BCUT2D eigenvalue weighted by atomic mass is 16.5. The van der Waals surface area contributed by atoms with Gasteiger partial charge in [0.1, 0.15) is 18.4 Å². The monoisotopic (exact) mass is 479 g/mol. The van der Waals surface area contributed by atoms with Crippen molar-refractivity contribution in [3.05, 3.63) is 131 Å². The van der Waals surface area contributed by atoms with Crippen LogP contribution in [0.4, 0.5) is 5.69 Å². The molecule has 0 fully saturated rings. The summed E-state index contributed by atoms with van der Waals surface area (Å²) in [5.41, 5.74) is 9.83. The first-order valence-electron chi connectivity index (χ1n) is 11.8. The van der Waals surface area contributed by atoms with E-state index in [0.717, 1.165) is 16.7 Å². The fourth-order valence-electron chi connectivity index (χ4n) is 3.78. The lowest BCUT2D eigenvalue weighted by atomic mass is 10.0. The van der Waals surface area contributed by atoms with Crippen LogP contribution in [-0.4, -0.2) is 11.8 Å². The smallest absolute Gasteiger partial charge is 0.251 e. The van der Waals surface area contributed by atoms with E-state index in [0.29, 0.717) is 30.2 Å². The third-order valence-electron chi connectivity index (χ3n) is 5.67. The number of anilines is 1. The molecule has 0 unspecified atom stereocenters. The van der Waals surface area contributed by atoms with Gasteiger partial charge in [-0.1, -0.05) is 84.9 Å². The summed E-state index contributed by atoms with van der Waals surface area (Å²) in [6.07, 6.45) is 0.172. The molecule has 4 aromatic carbocycles. The fraction of sp³-hybridized carbons (Fsp3) is 0.133. The second-order valence-corrected chi connectivity index (χ2v) is 8.40. The molecule has 2 amide bonds. The van der Waals surface area contributed by atoms with Gasteiger partial charge in [0.05, 0.1) is 6.42 Å². The summed E-state index contributed by atoms with van der Waals surface area (Å²) in [6.45, 7) is 0.806. The molecular formula is C30H29N3O3. The maximum Gasteiger partial charge on any atom is 0.251 e. The number of carbonyl (C=O) groups excluding carboxylic acids is 2. The Balaban J connectivity index is 1.50. The first-order valence-corrected chi connectivity index (χ1v) is 11.8. The molecule has 0 aliphatic rings. The highest BCUT2D eigenvalue weighted by molar-refractivity contribution is 5.98. The normalized spacial score (nSPS) is 11.4. The van der Waals surface area contributed by atoms with Crippen molar-refractivity contribution in [2.45, 2.75) is 25.6 Å². The number of ether oxygens (including phenoxy) is 1. The zero-order valence-corrected chi connectivity index (χ0v) is 19.9. The van der Waals surface area contributed by atoms with Crippen molar-refractivity contribution in [3.63, 3.8) is 0 Å². The Morgan fingerprint density at radius 2 is 1.39 bits per heavy atom. The Morgan fingerprint density at radius 1 is 0.750 bits per heavy atom. The van der Waals surface area contributed by atoms with Crippen LogP contribution in [0.15, 0.2) is 109 Å². The average molecular weight is 480 g/mol. The molecule has 4 rings (SSSR count). The summed E-state index contributed by atoms with van der Waals surface area (Å²) in [7, 11) is 0. The molecule has 0 aromatic heterocycles. The number of nitrogens with one attached hydrogen (secondary N) is 2. The van der Waals surface area contributed by atoms with Crippen molar-refractivity contribution in [1.29, 1.82) is 0 Å². The minimum Gasteiger partial charge on any atom is -0.489 e. The molecule has 4 N–H and O–H groups in total. The molecule has 4 aromatic rings. The second kappa shape index (κ2) is 12.3. The van der Waals surface area contributed by atoms with E-state index < -0.39 is 6.04 Å². The van der Waals surface area contributed by atoms with Crippen molar-refractivity contribution in [2.24, 2.45) is 5.73 Å². The van der Waals surface area contributed by atoms with E-state index >= 15 is 0 Å². The van der Waals surface area contributed by atoms with Crippen LogP contribution in [-0.2, 0) is 29.2 Å². The molecule has 6 nitrogen and oxygen atoms in total. The fourth-order valence-corrected chi connectivity index (χ4v) is 3.78. The predicted octanol–water partition coefficient (Wildman–Crippen LogP) is 4.76. The number of hydrogen-bond donors (Lipinski definition) is 3. The van der Waals surface area contributed by atoms with E-state index in [4.69, 9.17) is 10.5 Å². The van der Waals surface area contributed by atoms with Gasteiger partial charge in [-0.2, -0.15) is 0 Å². The largest absolute Gasteiger partial charge is 0.489 e.